The third kappa shape index (κ3) is 2.59. The van der Waals surface area contributed by atoms with E-state index >= 15 is 0 Å². The maximum atomic E-state index is 12.0. The van der Waals surface area contributed by atoms with Crippen LogP contribution in [-0.2, 0) is 21.4 Å². The molecule has 1 fully saturated rings. The highest BCUT2D eigenvalue weighted by atomic mass is 16.5. The first-order valence-electron chi connectivity index (χ1n) is 5.82. The van der Waals surface area contributed by atoms with Gasteiger partial charge in [-0.3, -0.25) is 9.48 Å². The zero-order valence-electron chi connectivity index (χ0n) is 10.5. The second kappa shape index (κ2) is 4.98. The number of nitrogens with one attached hydrogen (secondary N) is 1. The number of aromatic nitrogens is 2. The van der Waals surface area contributed by atoms with E-state index in [0.717, 1.165) is 0 Å². The highest BCUT2D eigenvalue weighted by molar-refractivity contribution is 5.90. The molecular formula is C11H16N4O4. The molecule has 0 aromatic carbocycles. The van der Waals surface area contributed by atoms with Crippen molar-refractivity contribution in [2.45, 2.75) is 18.0 Å². The maximum Gasteiger partial charge on any atom is 0.331 e. The fourth-order valence-electron chi connectivity index (χ4n) is 1.95. The van der Waals surface area contributed by atoms with Crippen LogP contribution in [0.3, 0.4) is 0 Å². The van der Waals surface area contributed by atoms with Crippen LogP contribution in [0.4, 0.5) is 0 Å². The van der Waals surface area contributed by atoms with Gasteiger partial charge in [0.05, 0.1) is 12.8 Å². The molecule has 0 saturated carbocycles. The van der Waals surface area contributed by atoms with Crippen LogP contribution in [-0.4, -0.2) is 45.5 Å². The van der Waals surface area contributed by atoms with Crippen LogP contribution < -0.4 is 11.1 Å². The normalized spacial score (nSPS) is 24.1. The van der Waals surface area contributed by atoms with Gasteiger partial charge in [-0.2, -0.15) is 5.10 Å². The van der Waals surface area contributed by atoms with Gasteiger partial charge in [-0.25, -0.2) is 4.79 Å². The number of aliphatic carboxylic acids is 1. The number of nitrogens with two attached hydrogens (primary N) is 1. The number of aryl methyl sites for hydroxylation is 1. The molecule has 0 bridgehead atoms. The first-order chi connectivity index (χ1) is 8.94. The highest BCUT2D eigenvalue weighted by Crippen LogP contribution is 2.20. The number of carbonyl (C=O) groups excluding carboxylic acids is 1. The number of hydrogen-bond donors (Lipinski definition) is 3. The van der Waals surface area contributed by atoms with Crippen molar-refractivity contribution in [2.24, 2.45) is 12.8 Å². The molecule has 1 aromatic rings. The molecule has 1 aliphatic heterocycles. The number of amides is 1. The largest absolute Gasteiger partial charge is 0.479 e. The predicted octanol–water partition coefficient (Wildman–Crippen LogP) is -1.22. The predicted molar refractivity (Wildman–Crippen MR) is 64.1 cm³/mol. The van der Waals surface area contributed by atoms with Crippen LogP contribution in [0.5, 0.6) is 0 Å². The fraction of sp³-hybridized carbons (Fsp3) is 0.545. The molecule has 1 amide bonds. The van der Waals surface area contributed by atoms with Crippen LogP contribution in [0, 0.1) is 0 Å². The van der Waals surface area contributed by atoms with E-state index in [1.807, 2.05) is 0 Å². The first kappa shape index (κ1) is 13.5. The molecule has 4 N–H and O–H groups in total. The third-order valence-electron chi connectivity index (χ3n) is 3.16. The molecular weight excluding hydrogens is 252 g/mol. The summed E-state index contributed by atoms with van der Waals surface area (Å²) in [5, 5.41) is 15.6. The quantitative estimate of drug-likeness (QED) is 0.629. The van der Waals surface area contributed by atoms with Crippen molar-refractivity contribution >= 4 is 11.9 Å². The minimum absolute atomic E-state index is 0.0478. The lowest BCUT2D eigenvalue weighted by molar-refractivity contribution is -0.147. The van der Waals surface area contributed by atoms with Crippen molar-refractivity contribution in [1.29, 1.82) is 0 Å². The Hall–Kier alpha value is -1.93. The third-order valence-corrected chi connectivity index (χ3v) is 3.16. The molecule has 0 spiro atoms. The second-order valence-electron chi connectivity index (χ2n) is 4.60. The lowest BCUT2D eigenvalue weighted by Gasteiger charge is -2.25. The molecule has 2 unspecified atom stereocenters. The number of rotatable bonds is 4. The molecule has 19 heavy (non-hydrogen) atoms. The monoisotopic (exact) mass is 268 g/mol. The summed E-state index contributed by atoms with van der Waals surface area (Å²) in [5.41, 5.74) is 4.94. The fourth-order valence-corrected chi connectivity index (χ4v) is 1.95. The van der Waals surface area contributed by atoms with E-state index in [-0.39, 0.29) is 13.0 Å². The van der Waals surface area contributed by atoms with Crippen LogP contribution in [0.25, 0.3) is 0 Å². The summed E-state index contributed by atoms with van der Waals surface area (Å²) in [4.78, 5) is 23.3. The first-order valence-corrected chi connectivity index (χ1v) is 5.82. The Morgan fingerprint density at radius 2 is 2.42 bits per heavy atom. The number of carboxylic acids is 1. The Bertz CT molecular complexity index is 493. The standard InChI is InChI=1S/C11H16N4O4/c1-15-5-7(4-13-15)8(12)9(16)14-11(10(17)18)2-3-19-6-11/h4-5,8H,2-3,6,12H2,1H3,(H,14,16)(H,17,18). The van der Waals surface area contributed by atoms with E-state index in [1.165, 1.54) is 10.9 Å². The van der Waals surface area contributed by atoms with E-state index in [4.69, 9.17) is 10.5 Å². The van der Waals surface area contributed by atoms with Gasteiger partial charge in [0.25, 0.3) is 0 Å². The maximum absolute atomic E-state index is 12.0. The average Bonchev–Trinajstić information content (AvgIpc) is 2.98. The summed E-state index contributed by atoms with van der Waals surface area (Å²) in [5.74, 6) is -1.67. The Labute approximate surface area is 109 Å². The van der Waals surface area contributed by atoms with Gasteiger partial charge in [-0.05, 0) is 0 Å². The Balaban J connectivity index is 2.09. The molecule has 1 saturated heterocycles. The van der Waals surface area contributed by atoms with E-state index in [2.05, 4.69) is 10.4 Å². The van der Waals surface area contributed by atoms with Crippen LogP contribution in [0.2, 0.25) is 0 Å². The molecule has 1 aliphatic rings. The minimum Gasteiger partial charge on any atom is -0.479 e. The summed E-state index contributed by atoms with van der Waals surface area (Å²) in [7, 11) is 1.71. The zero-order valence-corrected chi connectivity index (χ0v) is 10.5. The number of carboxylic acid groups (broad SMARTS) is 1. The molecule has 8 nitrogen and oxygen atoms in total. The second-order valence-corrected chi connectivity index (χ2v) is 4.60. The van der Waals surface area contributed by atoms with Crippen molar-refractivity contribution in [3.8, 4) is 0 Å². The molecule has 104 valence electrons. The average molecular weight is 268 g/mol. The molecule has 2 heterocycles. The van der Waals surface area contributed by atoms with Gasteiger partial charge in [0.1, 0.15) is 6.04 Å². The van der Waals surface area contributed by atoms with Gasteiger partial charge in [0, 0.05) is 31.8 Å². The summed E-state index contributed by atoms with van der Waals surface area (Å²) < 4.78 is 6.58. The lowest BCUT2D eigenvalue weighted by atomic mass is 9.98. The molecule has 2 atom stereocenters. The lowest BCUT2D eigenvalue weighted by Crippen LogP contribution is -2.57. The van der Waals surface area contributed by atoms with Gasteiger partial charge >= 0.3 is 5.97 Å². The van der Waals surface area contributed by atoms with Gasteiger partial charge in [0.15, 0.2) is 5.54 Å². The molecule has 0 aliphatic carbocycles. The summed E-state index contributed by atoms with van der Waals surface area (Å²) in [6.45, 7) is 0.253. The van der Waals surface area contributed by atoms with E-state index < -0.39 is 23.5 Å². The van der Waals surface area contributed by atoms with Gasteiger partial charge < -0.3 is 20.9 Å². The topological polar surface area (TPSA) is 119 Å². The SMILES string of the molecule is Cn1cc(C(N)C(=O)NC2(C(=O)O)CCOC2)cn1. The summed E-state index contributed by atoms with van der Waals surface area (Å²) >= 11 is 0. The minimum atomic E-state index is -1.38. The van der Waals surface area contributed by atoms with Crippen LogP contribution >= 0.6 is 0 Å². The highest BCUT2D eigenvalue weighted by Gasteiger charge is 2.44. The zero-order chi connectivity index (χ0) is 14.0. The summed E-state index contributed by atoms with van der Waals surface area (Å²) in [6, 6.07) is -0.953. The van der Waals surface area contributed by atoms with E-state index in [1.54, 1.807) is 13.2 Å². The van der Waals surface area contributed by atoms with Crippen molar-refractivity contribution in [2.75, 3.05) is 13.2 Å². The number of ether oxygens (including phenoxy) is 1. The number of nitrogens with zero attached hydrogens (tertiary/aromatic N) is 2. The van der Waals surface area contributed by atoms with Crippen molar-refractivity contribution in [1.82, 2.24) is 15.1 Å². The number of carbonyl (C=O) groups is 2. The Morgan fingerprint density at radius 3 is 2.89 bits per heavy atom. The molecule has 2 rings (SSSR count). The molecule has 0 radical (unpaired) electrons. The molecule has 1 aromatic heterocycles. The van der Waals surface area contributed by atoms with E-state index in [9.17, 15) is 14.7 Å². The van der Waals surface area contributed by atoms with Crippen molar-refractivity contribution in [3.05, 3.63) is 18.0 Å². The van der Waals surface area contributed by atoms with Gasteiger partial charge in [-0.15, -0.1) is 0 Å². The Kier molecular flexibility index (Phi) is 3.54. The van der Waals surface area contributed by atoms with Gasteiger partial charge in [0.2, 0.25) is 5.91 Å². The van der Waals surface area contributed by atoms with E-state index in [0.29, 0.717) is 12.2 Å². The van der Waals surface area contributed by atoms with Gasteiger partial charge in [-0.1, -0.05) is 0 Å². The van der Waals surface area contributed by atoms with Crippen LogP contribution in [0.1, 0.15) is 18.0 Å². The van der Waals surface area contributed by atoms with Crippen molar-refractivity contribution < 1.29 is 19.4 Å². The number of hydrogen-bond acceptors (Lipinski definition) is 5. The molecule has 8 heteroatoms. The van der Waals surface area contributed by atoms with Crippen molar-refractivity contribution in [3.63, 3.8) is 0 Å². The smallest absolute Gasteiger partial charge is 0.331 e. The summed E-state index contributed by atoms with van der Waals surface area (Å²) in [6.07, 6.45) is 3.32. The van der Waals surface area contributed by atoms with Crippen LogP contribution in [0.15, 0.2) is 12.4 Å². The Morgan fingerprint density at radius 1 is 1.68 bits per heavy atom.